The zero-order chi connectivity index (χ0) is 18.2. The van der Waals surface area contributed by atoms with E-state index in [1.54, 1.807) is 48.7 Å². The van der Waals surface area contributed by atoms with Gasteiger partial charge in [0.1, 0.15) is 5.75 Å². The topological polar surface area (TPSA) is 95.2 Å². The van der Waals surface area contributed by atoms with Gasteiger partial charge in [0, 0.05) is 0 Å². The van der Waals surface area contributed by atoms with Gasteiger partial charge in [0.15, 0.2) is 16.6 Å². The summed E-state index contributed by atoms with van der Waals surface area (Å²) < 4.78 is 15.6. The van der Waals surface area contributed by atoms with Crippen LogP contribution in [0.2, 0.25) is 0 Å². The SMILES string of the molecule is COc1ccc(C(=O)Oc2ccc(/C=N/NC(N)=S)cc2)cc1OC. The molecule has 2 rings (SSSR count). The van der Waals surface area contributed by atoms with Gasteiger partial charge < -0.3 is 19.9 Å². The van der Waals surface area contributed by atoms with Crippen molar-refractivity contribution in [2.24, 2.45) is 10.8 Å². The minimum atomic E-state index is -0.502. The van der Waals surface area contributed by atoms with E-state index in [2.05, 4.69) is 22.7 Å². The van der Waals surface area contributed by atoms with Crippen molar-refractivity contribution in [1.29, 1.82) is 0 Å². The van der Waals surface area contributed by atoms with E-state index in [1.807, 2.05) is 0 Å². The molecule has 0 spiro atoms. The molecule has 7 nitrogen and oxygen atoms in total. The molecule has 0 saturated carbocycles. The van der Waals surface area contributed by atoms with Crippen LogP contribution in [0.4, 0.5) is 0 Å². The number of ether oxygens (including phenoxy) is 3. The first-order valence-electron chi connectivity index (χ1n) is 7.16. The van der Waals surface area contributed by atoms with Crippen molar-refractivity contribution in [3.05, 3.63) is 53.6 Å². The lowest BCUT2D eigenvalue weighted by Gasteiger charge is -2.09. The van der Waals surface area contributed by atoms with E-state index < -0.39 is 5.97 Å². The van der Waals surface area contributed by atoms with Gasteiger partial charge in [0.2, 0.25) is 0 Å². The Bertz CT molecular complexity index is 791. The third-order valence-electron chi connectivity index (χ3n) is 3.10. The molecule has 0 atom stereocenters. The summed E-state index contributed by atoms with van der Waals surface area (Å²) in [7, 11) is 3.02. The number of rotatable bonds is 6. The molecule has 0 aliphatic heterocycles. The lowest BCUT2D eigenvalue weighted by atomic mass is 10.2. The summed E-state index contributed by atoms with van der Waals surface area (Å²) in [6, 6.07) is 11.6. The van der Waals surface area contributed by atoms with Gasteiger partial charge >= 0.3 is 5.97 Å². The van der Waals surface area contributed by atoms with Gasteiger partial charge in [-0.3, -0.25) is 5.43 Å². The minimum absolute atomic E-state index is 0.0803. The second-order valence-electron chi connectivity index (χ2n) is 4.76. The zero-order valence-corrected chi connectivity index (χ0v) is 14.5. The van der Waals surface area contributed by atoms with Crippen LogP contribution in [0.5, 0.6) is 17.2 Å². The molecule has 0 unspecified atom stereocenters. The first-order chi connectivity index (χ1) is 12.0. The third kappa shape index (κ3) is 5.18. The van der Waals surface area contributed by atoms with Gasteiger partial charge in [0.05, 0.1) is 26.0 Å². The first-order valence-corrected chi connectivity index (χ1v) is 7.57. The van der Waals surface area contributed by atoms with E-state index in [4.69, 9.17) is 19.9 Å². The summed E-state index contributed by atoms with van der Waals surface area (Å²) >= 11 is 4.64. The van der Waals surface area contributed by atoms with Crippen molar-refractivity contribution < 1.29 is 19.0 Å². The van der Waals surface area contributed by atoms with Gasteiger partial charge in [-0.25, -0.2) is 4.79 Å². The number of carbonyl (C=O) groups excluding carboxylic acids is 1. The number of hydrogen-bond acceptors (Lipinski definition) is 6. The number of esters is 1. The Morgan fingerprint density at radius 3 is 2.40 bits per heavy atom. The van der Waals surface area contributed by atoms with Gasteiger partial charge in [0.25, 0.3) is 0 Å². The standard InChI is InChI=1S/C17H17N3O4S/c1-22-14-8-5-12(9-15(14)23-2)16(21)24-13-6-3-11(4-7-13)10-19-20-17(18)25/h3-10H,1-2H3,(H3,18,20,25)/b19-10+. The Hall–Kier alpha value is -3.13. The average Bonchev–Trinajstić information content (AvgIpc) is 2.62. The van der Waals surface area contributed by atoms with E-state index >= 15 is 0 Å². The molecule has 8 heteroatoms. The van der Waals surface area contributed by atoms with Gasteiger partial charge in [-0.1, -0.05) is 0 Å². The van der Waals surface area contributed by atoms with Crippen LogP contribution in [-0.4, -0.2) is 31.5 Å². The maximum absolute atomic E-state index is 12.2. The number of thiocarbonyl (C=S) groups is 1. The molecule has 0 saturated heterocycles. The first kappa shape index (κ1) is 18.2. The molecular weight excluding hydrogens is 342 g/mol. The van der Waals surface area contributed by atoms with Crippen LogP contribution in [0, 0.1) is 0 Å². The van der Waals surface area contributed by atoms with Gasteiger partial charge in [-0.15, -0.1) is 0 Å². The largest absolute Gasteiger partial charge is 0.493 e. The molecule has 130 valence electrons. The van der Waals surface area contributed by atoms with E-state index in [-0.39, 0.29) is 5.11 Å². The van der Waals surface area contributed by atoms with Crippen LogP contribution in [0.25, 0.3) is 0 Å². The van der Waals surface area contributed by atoms with Crippen molar-refractivity contribution in [3.8, 4) is 17.2 Å². The second kappa shape index (κ2) is 8.65. The van der Waals surface area contributed by atoms with Crippen LogP contribution in [0.1, 0.15) is 15.9 Å². The summed E-state index contributed by atoms with van der Waals surface area (Å²) in [5.41, 5.74) is 8.85. The molecule has 0 bridgehead atoms. The number of hydrazone groups is 1. The molecule has 2 aromatic carbocycles. The Morgan fingerprint density at radius 2 is 1.80 bits per heavy atom. The Morgan fingerprint density at radius 1 is 1.12 bits per heavy atom. The predicted molar refractivity (Wildman–Crippen MR) is 98.5 cm³/mol. The van der Waals surface area contributed by atoms with Gasteiger partial charge in [-0.2, -0.15) is 5.10 Å². The molecule has 2 aromatic rings. The minimum Gasteiger partial charge on any atom is -0.493 e. The highest BCUT2D eigenvalue weighted by Gasteiger charge is 2.12. The summed E-state index contributed by atoms with van der Waals surface area (Å²) in [5.74, 6) is 0.888. The molecule has 3 N–H and O–H groups in total. The number of carbonyl (C=O) groups is 1. The third-order valence-corrected chi connectivity index (χ3v) is 3.19. The molecular formula is C17H17N3O4S. The zero-order valence-electron chi connectivity index (χ0n) is 13.7. The highest BCUT2D eigenvalue weighted by molar-refractivity contribution is 7.80. The van der Waals surface area contributed by atoms with Crippen LogP contribution in [0.15, 0.2) is 47.6 Å². The lowest BCUT2D eigenvalue weighted by molar-refractivity contribution is 0.0734. The normalized spacial score (nSPS) is 10.3. The number of benzene rings is 2. The maximum Gasteiger partial charge on any atom is 0.343 e. The lowest BCUT2D eigenvalue weighted by Crippen LogP contribution is -2.23. The van der Waals surface area contributed by atoms with E-state index in [1.165, 1.54) is 14.2 Å². The summed E-state index contributed by atoms with van der Waals surface area (Å²) in [6.07, 6.45) is 1.54. The monoisotopic (exact) mass is 359 g/mol. The molecule has 0 heterocycles. The van der Waals surface area contributed by atoms with Crippen molar-refractivity contribution >= 4 is 29.5 Å². The highest BCUT2D eigenvalue weighted by Crippen LogP contribution is 2.28. The molecule has 0 fully saturated rings. The van der Waals surface area contributed by atoms with Crippen molar-refractivity contribution in [2.75, 3.05) is 14.2 Å². The van der Waals surface area contributed by atoms with Crippen molar-refractivity contribution in [2.45, 2.75) is 0 Å². The quantitative estimate of drug-likeness (QED) is 0.268. The van der Waals surface area contributed by atoms with E-state index in [0.29, 0.717) is 22.8 Å². The number of nitrogens with one attached hydrogen (secondary N) is 1. The smallest absolute Gasteiger partial charge is 0.343 e. The number of hydrogen-bond donors (Lipinski definition) is 2. The second-order valence-corrected chi connectivity index (χ2v) is 5.20. The number of nitrogens with zero attached hydrogens (tertiary/aromatic N) is 1. The van der Waals surface area contributed by atoms with E-state index in [9.17, 15) is 4.79 Å². The van der Waals surface area contributed by atoms with Crippen LogP contribution >= 0.6 is 12.2 Å². The highest BCUT2D eigenvalue weighted by atomic mass is 32.1. The number of nitrogens with two attached hydrogens (primary N) is 1. The summed E-state index contributed by atoms with van der Waals surface area (Å²) in [6.45, 7) is 0. The van der Waals surface area contributed by atoms with Crippen LogP contribution in [-0.2, 0) is 0 Å². The Kier molecular flexibility index (Phi) is 6.30. The molecule has 0 radical (unpaired) electrons. The Labute approximate surface area is 150 Å². The average molecular weight is 359 g/mol. The molecule has 0 aliphatic carbocycles. The van der Waals surface area contributed by atoms with Gasteiger partial charge in [-0.05, 0) is 60.2 Å². The molecule has 0 amide bonds. The summed E-state index contributed by atoms with van der Waals surface area (Å²) in [4.78, 5) is 12.2. The van der Waals surface area contributed by atoms with E-state index in [0.717, 1.165) is 5.56 Å². The number of methoxy groups -OCH3 is 2. The fraction of sp³-hybridized carbons (Fsp3) is 0.118. The van der Waals surface area contributed by atoms with Crippen LogP contribution < -0.4 is 25.4 Å². The fourth-order valence-electron chi connectivity index (χ4n) is 1.92. The molecule has 0 aliphatic rings. The molecule has 25 heavy (non-hydrogen) atoms. The van der Waals surface area contributed by atoms with Crippen molar-refractivity contribution in [1.82, 2.24) is 5.43 Å². The Balaban J connectivity index is 2.05. The van der Waals surface area contributed by atoms with Crippen molar-refractivity contribution in [3.63, 3.8) is 0 Å². The fourth-order valence-corrected chi connectivity index (χ4v) is 1.97. The van der Waals surface area contributed by atoms with Crippen LogP contribution in [0.3, 0.4) is 0 Å². The molecule has 0 aromatic heterocycles. The maximum atomic E-state index is 12.2. The predicted octanol–water partition coefficient (Wildman–Crippen LogP) is 2.09. The summed E-state index contributed by atoms with van der Waals surface area (Å²) in [5, 5.41) is 3.92.